The van der Waals surface area contributed by atoms with Crippen LogP contribution in [0.15, 0.2) is 60.7 Å². The molecule has 0 aromatic heterocycles. The van der Waals surface area contributed by atoms with Gasteiger partial charge < -0.3 is 15.0 Å². The van der Waals surface area contributed by atoms with E-state index < -0.39 is 0 Å². The normalized spacial score (nSPS) is 26.3. The van der Waals surface area contributed by atoms with Crippen molar-refractivity contribution in [3.05, 3.63) is 77.4 Å². The van der Waals surface area contributed by atoms with E-state index in [4.69, 9.17) is 4.74 Å². The molecule has 7 rings (SSSR count). The molecule has 0 bridgehead atoms. The molecule has 3 unspecified atom stereocenters. The number of nitrogens with zero attached hydrogens (tertiary/aromatic N) is 2. The van der Waals surface area contributed by atoms with Gasteiger partial charge in [-0.2, -0.15) is 0 Å². The highest BCUT2D eigenvalue weighted by atomic mass is 16.6. The molecule has 2 fully saturated rings. The fourth-order valence-electron chi connectivity index (χ4n) is 6.85. The predicted octanol–water partition coefficient (Wildman–Crippen LogP) is 4.53. The molecule has 3 aliphatic heterocycles. The van der Waals surface area contributed by atoms with E-state index in [-0.39, 0.29) is 30.1 Å². The number of para-hydroxylation sites is 1. The molecule has 0 saturated carbocycles. The zero-order valence-electron chi connectivity index (χ0n) is 19.7. The summed E-state index contributed by atoms with van der Waals surface area (Å²) in [6.07, 6.45) is 2.91. The van der Waals surface area contributed by atoms with Gasteiger partial charge in [-0.3, -0.25) is 9.69 Å². The largest absolute Gasteiger partial charge is 0.444 e. The Kier molecular flexibility index (Phi) is 4.84. The summed E-state index contributed by atoms with van der Waals surface area (Å²) in [6, 6.07) is 22.1. The van der Waals surface area contributed by atoms with Crippen LogP contribution in [0.2, 0.25) is 0 Å². The Morgan fingerprint density at radius 3 is 2.49 bits per heavy atom. The highest BCUT2D eigenvalue weighted by Crippen LogP contribution is 2.45. The second-order valence-corrected chi connectivity index (χ2v) is 10.3. The van der Waals surface area contributed by atoms with Crippen LogP contribution < -0.4 is 10.2 Å². The third-order valence-electron chi connectivity index (χ3n) is 8.45. The maximum absolute atomic E-state index is 13.7. The van der Waals surface area contributed by atoms with Gasteiger partial charge in [0, 0.05) is 37.3 Å². The SMILES string of the molecule is O=C1NCC(CC2C(=O)N(C3CCN(C4Cc5cccc6cccc4c56)CC3)c3ccccc32)O1. The number of carbonyl (C=O) groups is 2. The van der Waals surface area contributed by atoms with E-state index in [9.17, 15) is 9.59 Å². The first kappa shape index (κ1) is 20.9. The highest BCUT2D eigenvalue weighted by molar-refractivity contribution is 6.05. The van der Waals surface area contributed by atoms with Gasteiger partial charge in [-0.25, -0.2) is 4.79 Å². The number of hydrogen-bond acceptors (Lipinski definition) is 4. The van der Waals surface area contributed by atoms with Crippen molar-refractivity contribution in [3.63, 3.8) is 0 Å². The molecule has 2 amide bonds. The Labute approximate surface area is 204 Å². The van der Waals surface area contributed by atoms with Crippen molar-refractivity contribution >= 4 is 28.5 Å². The fraction of sp³-hybridized carbons (Fsp3) is 0.379. The Hall–Kier alpha value is -3.38. The molecule has 2 saturated heterocycles. The number of fused-ring (bicyclic) bond motifs is 1. The van der Waals surface area contributed by atoms with Crippen LogP contribution in [0, 0.1) is 0 Å². The van der Waals surface area contributed by atoms with Crippen LogP contribution in [0.25, 0.3) is 10.8 Å². The van der Waals surface area contributed by atoms with Gasteiger partial charge in [0.2, 0.25) is 5.91 Å². The predicted molar refractivity (Wildman–Crippen MR) is 135 cm³/mol. The number of cyclic esters (lactones) is 1. The van der Waals surface area contributed by atoms with Gasteiger partial charge in [0.05, 0.1) is 12.5 Å². The number of benzene rings is 3. The fourth-order valence-corrected chi connectivity index (χ4v) is 6.85. The molecule has 3 heterocycles. The van der Waals surface area contributed by atoms with E-state index in [1.54, 1.807) is 0 Å². The van der Waals surface area contributed by atoms with E-state index in [2.05, 4.69) is 63.6 Å². The number of rotatable bonds is 4. The van der Waals surface area contributed by atoms with E-state index in [0.29, 0.717) is 19.0 Å². The molecule has 6 nitrogen and oxygen atoms in total. The molecule has 3 aromatic carbocycles. The number of nitrogens with one attached hydrogen (secondary N) is 1. The molecular weight excluding hydrogens is 438 g/mol. The van der Waals surface area contributed by atoms with Crippen LogP contribution in [0.5, 0.6) is 0 Å². The average Bonchev–Trinajstić information content (AvgIpc) is 3.55. The lowest BCUT2D eigenvalue weighted by molar-refractivity contribution is -0.120. The lowest BCUT2D eigenvalue weighted by Gasteiger charge is -2.40. The summed E-state index contributed by atoms with van der Waals surface area (Å²) in [5.74, 6) is -0.0884. The van der Waals surface area contributed by atoms with Gasteiger partial charge in [-0.1, -0.05) is 54.6 Å². The van der Waals surface area contributed by atoms with Gasteiger partial charge >= 0.3 is 6.09 Å². The maximum Gasteiger partial charge on any atom is 0.407 e. The Bertz CT molecular complexity index is 1320. The van der Waals surface area contributed by atoms with Gasteiger partial charge in [0.25, 0.3) is 0 Å². The summed E-state index contributed by atoms with van der Waals surface area (Å²) < 4.78 is 5.36. The summed E-state index contributed by atoms with van der Waals surface area (Å²) in [7, 11) is 0. The number of hydrogen-bond donors (Lipinski definition) is 1. The second-order valence-electron chi connectivity index (χ2n) is 10.3. The summed E-state index contributed by atoms with van der Waals surface area (Å²) in [4.78, 5) is 29.9. The molecule has 178 valence electrons. The van der Waals surface area contributed by atoms with Gasteiger partial charge in [0.15, 0.2) is 0 Å². The first-order chi connectivity index (χ1) is 17.2. The van der Waals surface area contributed by atoms with Crippen molar-refractivity contribution in [1.29, 1.82) is 0 Å². The average molecular weight is 468 g/mol. The van der Waals surface area contributed by atoms with Crippen LogP contribution in [0.4, 0.5) is 10.5 Å². The van der Waals surface area contributed by atoms with Gasteiger partial charge in [0.1, 0.15) is 6.10 Å². The quantitative estimate of drug-likeness (QED) is 0.613. The third-order valence-corrected chi connectivity index (χ3v) is 8.45. The van der Waals surface area contributed by atoms with Crippen molar-refractivity contribution in [2.24, 2.45) is 0 Å². The summed E-state index contributed by atoms with van der Waals surface area (Å²) in [6.45, 7) is 2.45. The van der Waals surface area contributed by atoms with Crippen molar-refractivity contribution < 1.29 is 14.3 Å². The van der Waals surface area contributed by atoms with Crippen LogP contribution >= 0.6 is 0 Å². The van der Waals surface area contributed by atoms with Crippen LogP contribution in [-0.4, -0.2) is 48.7 Å². The topological polar surface area (TPSA) is 61.9 Å². The number of alkyl carbamates (subject to hydrolysis) is 1. The zero-order chi connectivity index (χ0) is 23.5. The van der Waals surface area contributed by atoms with E-state index in [1.807, 2.05) is 12.1 Å². The van der Waals surface area contributed by atoms with Gasteiger partial charge in [-0.15, -0.1) is 0 Å². The van der Waals surface area contributed by atoms with E-state index in [1.165, 1.54) is 21.9 Å². The summed E-state index contributed by atoms with van der Waals surface area (Å²) in [5.41, 5.74) is 5.02. The summed E-state index contributed by atoms with van der Waals surface area (Å²) in [5, 5.41) is 5.49. The monoisotopic (exact) mass is 467 g/mol. The highest BCUT2D eigenvalue weighted by Gasteiger charge is 2.44. The lowest BCUT2D eigenvalue weighted by atomic mass is 9.94. The van der Waals surface area contributed by atoms with Crippen molar-refractivity contribution in [3.8, 4) is 0 Å². The molecule has 0 radical (unpaired) electrons. The summed E-state index contributed by atoms with van der Waals surface area (Å²) >= 11 is 0. The molecular formula is C29H29N3O3. The minimum Gasteiger partial charge on any atom is -0.444 e. The Morgan fingerprint density at radius 2 is 1.69 bits per heavy atom. The third kappa shape index (κ3) is 3.34. The van der Waals surface area contributed by atoms with Gasteiger partial charge in [-0.05, 0) is 52.8 Å². The number of anilines is 1. The minimum absolute atomic E-state index is 0.158. The number of piperidine rings is 1. The molecule has 3 atom stereocenters. The number of amides is 2. The maximum atomic E-state index is 13.7. The molecule has 35 heavy (non-hydrogen) atoms. The lowest BCUT2D eigenvalue weighted by Crippen LogP contribution is -2.47. The second kappa shape index (κ2) is 8.09. The first-order valence-corrected chi connectivity index (χ1v) is 12.8. The number of likely N-dealkylation sites (tertiary alicyclic amines) is 1. The number of carbonyl (C=O) groups excluding carboxylic acids is 2. The van der Waals surface area contributed by atoms with Crippen molar-refractivity contribution in [1.82, 2.24) is 10.2 Å². The Balaban J connectivity index is 1.09. The standard InChI is InChI=1S/C29H29N3O3/c33-28-24(16-21-17-30-29(34)35-21)22-8-1-2-10-25(22)32(28)20-11-13-31(14-12-20)26-15-19-7-3-5-18-6-4-9-23(26)27(18)19/h1-10,20-21,24,26H,11-17H2,(H,30,34). The molecule has 0 spiro atoms. The molecule has 3 aromatic rings. The van der Waals surface area contributed by atoms with Crippen molar-refractivity contribution in [2.45, 2.75) is 49.8 Å². The van der Waals surface area contributed by atoms with Crippen molar-refractivity contribution in [2.75, 3.05) is 24.5 Å². The van der Waals surface area contributed by atoms with E-state index >= 15 is 0 Å². The molecule has 1 aliphatic carbocycles. The smallest absolute Gasteiger partial charge is 0.407 e. The molecule has 4 aliphatic rings. The zero-order valence-corrected chi connectivity index (χ0v) is 19.7. The van der Waals surface area contributed by atoms with Crippen LogP contribution in [0.3, 0.4) is 0 Å². The Morgan fingerprint density at radius 1 is 0.914 bits per heavy atom. The minimum atomic E-state index is -0.386. The molecule has 1 N–H and O–H groups in total. The van der Waals surface area contributed by atoms with Crippen LogP contribution in [0.1, 0.15) is 47.9 Å². The van der Waals surface area contributed by atoms with Crippen LogP contribution in [-0.2, 0) is 16.0 Å². The molecule has 6 heteroatoms. The number of ether oxygens (including phenoxy) is 1. The first-order valence-electron chi connectivity index (χ1n) is 12.8. The van der Waals surface area contributed by atoms with E-state index in [0.717, 1.165) is 43.6 Å².